The number of nitrogens with one attached hydrogen (secondary N) is 1. The van der Waals surface area contributed by atoms with E-state index in [1.807, 2.05) is 52.0 Å². The van der Waals surface area contributed by atoms with Crippen LogP contribution in [-0.4, -0.2) is 57.1 Å². The van der Waals surface area contributed by atoms with Crippen LogP contribution in [0.1, 0.15) is 43.9 Å². The molecule has 9 heteroatoms. The first-order valence-corrected chi connectivity index (χ1v) is 13.5. The molecule has 0 aliphatic heterocycles. The van der Waals surface area contributed by atoms with E-state index < -0.39 is 28.5 Å². The van der Waals surface area contributed by atoms with Crippen LogP contribution in [0.15, 0.2) is 42.5 Å². The summed E-state index contributed by atoms with van der Waals surface area (Å²) >= 11 is 0. The number of methoxy groups -OCH3 is 1. The first-order chi connectivity index (χ1) is 16.4. The maximum absolute atomic E-state index is 13.6. The number of rotatable bonds is 11. The number of hydrogen-bond acceptors (Lipinski definition) is 5. The molecule has 0 unspecified atom stereocenters. The molecule has 0 aliphatic carbocycles. The van der Waals surface area contributed by atoms with E-state index in [1.54, 1.807) is 25.1 Å². The van der Waals surface area contributed by atoms with Gasteiger partial charge in [-0.15, -0.1) is 0 Å². The second kappa shape index (κ2) is 12.1. The summed E-state index contributed by atoms with van der Waals surface area (Å²) in [5, 5.41) is 2.92. The van der Waals surface area contributed by atoms with E-state index in [9.17, 15) is 18.0 Å². The Bertz CT molecular complexity index is 1150. The Hall–Kier alpha value is -3.07. The van der Waals surface area contributed by atoms with Crippen LogP contribution in [0.4, 0.5) is 5.69 Å². The summed E-state index contributed by atoms with van der Waals surface area (Å²) in [7, 11) is -2.39. The summed E-state index contributed by atoms with van der Waals surface area (Å²) in [4.78, 5) is 28.0. The molecule has 2 aromatic carbocycles. The normalized spacial score (nSPS) is 13.0. The molecule has 8 nitrogen and oxygen atoms in total. The molecule has 2 atom stereocenters. The summed E-state index contributed by atoms with van der Waals surface area (Å²) in [5.74, 6) is -0.451. The van der Waals surface area contributed by atoms with Crippen LogP contribution < -0.4 is 14.4 Å². The van der Waals surface area contributed by atoms with E-state index in [0.29, 0.717) is 5.75 Å². The highest BCUT2D eigenvalue weighted by Crippen LogP contribution is 2.31. The van der Waals surface area contributed by atoms with E-state index in [2.05, 4.69) is 5.32 Å². The van der Waals surface area contributed by atoms with Crippen molar-refractivity contribution >= 4 is 27.5 Å². The average molecular weight is 504 g/mol. The monoisotopic (exact) mass is 503 g/mol. The zero-order chi connectivity index (χ0) is 26.3. The van der Waals surface area contributed by atoms with Crippen molar-refractivity contribution in [2.24, 2.45) is 0 Å². The van der Waals surface area contributed by atoms with Gasteiger partial charge in [0.15, 0.2) is 0 Å². The molecule has 0 fully saturated rings. The second-order valence-corrected chi connectivity index (χ2v) is 10.9. The van der Waals surface area contributed by atoms with Crippen LogP contribution in [0, 0.1) is 13.8 Å². The lowest BCUT2D eigenvalue weighted by Gasteiger charge is -2.32. The van der Waals surface area contributed by atoms with Crippen molar-refractivity contribution < 1.29 is 22.7 Å². The highest BCUT2D eigenvalue weighted by molar-refractivity contribution is 7.92. The molecule has 1 N–H and O–H groups in total. The van der Waals surface area contributed by atoms with Gasteiger partial charge in [-0.3, -0.25) is 13.9 Å². The van der Waals surface area contributed by atoms with Gasteiger partial charge in [0, 0.05) is 12.6 Å². The highest BCUT2D eigenvalue weighted by Gasteiger charge is 2.31. The fourth-order valence-corrected chi connectivity index (χ4v) is 4.49. The number of sulfonamides is 1. The first kappa shape index (κ1) is 28.2. The third-order valence-electron chi connectivity index (χ3n) is 5.89. The molecule has 192 valence electrons. The van der Waals surface area contributed by atoms with Crippen molar-refractivity contribution in [3.63, 3.8) is 0 Å². The van der Waals surface area contributed by atoms with Gasteiger partial charge in [0.2, 0.25) is 21.8 Å². The molecule has 2 amide bonds. The lowest BCUT2D eigenvalue weighted by atomic mass is 10.1. The smallest absolute Gasteiger partial charge is 0.244 e. The van der Waals surface area contributed by atoms with Crippen LogP contribution in [0.25, 0.3) is 0 Å². The molecule has 35 heavy (non-hydrogen) atoms. The molecule has 0 saturated carbocycles. The summed E-state index contributed by atoms with van der Waals surface area (Å²) in [6.45, 7) is 8.99. The average Bonchev–Trinajstić information content (AvgIpc) is 2.79. The van der Waals surface area contributed by atoms with Crippen molar-refractivity contribution in [1.82, 2.24) is 10.2 Å². The fourth-order valence-electron chi connectivity index (χ4n) is 3.65. The maximum Gasteiger partial charge on any atom is 0.244 e. The molecule has 0 aliphatic rings. The molecule has 0 heterocycles. The molecule has 2 aromatic rings. The lowest BCUT2D eigenvalue weighted by molar-refractivity contribution is -0.139. The highest BCUT2D eigenvalue weighted by atomic mass is 32.2. The van der Waals surface area contributed by atoms with Gasteiger partial charge in [-0.25, -0.2) is 8.42 Å². The number of hydrogen-bond donors (Lipinski definition) is 1. The Balaban J connectivity index is 2.46. The quantitative estimate of drug-likeness (QED) is 0.507. The first-order valence-electron chi connectivity index (χ1n) is 11.6. The minimum atomic E-state index is -3.84. The minimum Gasteiger partial charge on any atom is -0.495 e. The van der Waals surface area contributed by atoms with E-state index >= 15 is 0 Å². The number of carbonyl (C=O) groups excluding carboxylic acids is 2. The standard InChI is InChI=1S/C26H37N3O5S/c1-8-20(4)27-26(31)21(5)28(16-22-11-9-10-18(2)14-22)25(30)17-29(35(7,32)33)23-15-19(3)12-13-24(23)34-6/h9-15,20-21H,8,16-17H2,1-7H3,(H,27,31)/t20-,21+/m1/s1. The number of amides is 2. The molecule has 0 spiro atoms. The summed E-state index contributed by atoms with van der Waals surface area (Å²) < 4.78 is 32.0. The van der Waals surface area contributed by atoms with Gasteiger partial charge in [0.05, 0.1) is 19.1 Å². The van der Waals surface area contributed by atoms with Gasteiger partial charge in [-0.2, -0.15) is 0 Å². The number of ether oxygens (including phenoxy) is 1. The number of carbonyl (C=O) groups is 2. The van der Waals surface area contributed by atoms with Crippen LogP contribution in [0.2, 0.25) is 0 Å². The molecule has 0 bridgehead atoms. The predicted molar refractivity (Wildman–Crippen MR) is 139 cm³/mol. The Morgan fingerprint density at radius 3 is 2.29 bits per heavy atom. The van der Waals surface area contributed by atoms with E-state index in [-0.39, 0.29) is 24.2 Å². The van der Waals surface area contributed by atoms with Crippen LogP contribution in [0.3, 0.4) is 0 Å². The van der Waals surface area contributed by atoms with Crippen molar-refractivity contribution in [3.8, 4) is 5.75 Å². The van der Waals surface area contributed by atoms with Crippen molar-refractivity contribution in [2.45, 2.75) is 59.7 Å². The van der Waals surface area contributed by atoms with Crippen LogP contribution in [0.5, 0.6) is 5.75 Å². The zero-order valence-electron chi connectivity index (χ0n) is 21.7. The topological polar surface area (TPSA) is 96.0 Å². The number of anilines is 1. The fraction of sp³-hybridized carbons (Fsp3) is 0.462. The van der Waals surface area contributed by atoms with E-state index in [0.717, 1.165) is 33.7 Å². The Morgan fingerprint density at radius 2 is 1.71 bits per heavy atom. The molecule has 0 saturated heterocycles. The molecular weight excluding hydrogens is 466 g/mol. The number of nitrogens with zero attached hydrogens (tertiary/aromatic N) is 2. The second-order valence-electron chi connectivity index (χ2n) is 8.95. The maximum atomic E-state index is 13.6. The van der Waals surface area contributed by atoms with Gasteiger partial charge in [-0.05, 0) is 57.4 Å². The Morgan fingerprint density at radius 1 is 1.06 bits per heavy atom. The minimum absolute atomic E-state index is 0.0510. The number of benzene rings is 2. The van der Waals surface area contributed by atoms with Gasteiger partial charge in [0.25, 0.3) is 0 Å². The van der Waals surface area contributed by atoms with Gasteiger partial charge >= 0.3 is 0 Å². The molecule has 0 radical (unpaired) electrons. The summed E-state index contributed by atoms with van der Waals surface area (Å²) in [6, 6.07) is 11.9. The van der Waals surface area contributed by atoms with Crippen molar-refractivity contribution in [1.29, 1.82) is 0 Å². The lowest BCUT2D eigenvalue weighted by Crippen LogP contribution is -2.52. The Labute approximate surface area is 209 Å². The SMILES string of the molecule is CC[C@@H](C)NC(=O)[C@H](C)N(Cc1cccc(C)c1)C(=O)CN(c1cc(C)ccc1OC)S(C)(=O)=O. The molecular formula is C26H37N3O5S. The third kappa shape index (κ3) is 7.71. The van der Waals surface area contributed by atoms with E-state index in [1.165, 1.54) is 12.0 Å². The zero-order valence-corrected chi connectivity index (χ0v) is 22.5. The van der Waals surface area contributed by atoms with Gasteiger partial charge < -0.3 is 15.0 Å². The van der Waals surface area contributed by atoms with Gasteiger partial charge in [-0.1, -0.05) is 42.8 Å². The third-order valence-corrected chi connectivity index (χ3v) is 7.01. The Kier molecular flexibility index (Phi) is 9.71. The van der Waals surface area contributed by atoms with Crippen molar-refractivity contribution in [3.05, 3.63) is 59.2 Å². The number of aryl methyl sites for hydroxylation is 2. The van der Waals surface area contributed by atoms with Crippen LogP contribution in [-0.2, 0) is 26.2 Å². The van der Waals surface area contributed by atoms with Gasteiger partial charge in [0.1, 0.15) is 18.3 Å². The summed E-state index contributed by atoms with van der Waals surface area (Å²) in [6.07, 6.45) is 1.80. The summed E-state index contributed by atoms with van der Waals surface area (Å²) in [5.41, 5.74) is 2.96. The molecule has 0 aromatic heterocycles. The van der Waals surface area contributed by atoms with Crippen LogP contribution >= 0.6 is 0 Å². The molecule has 2 rings (SSSR count). The predicted octanol–water partition coefficient (Wildman–Crippen LogP) is 3.41. The van der Waals surface area contributed by atoms with Crippen molar-refractivity contribution in [2.75, 3.05) is 24.2 Å². The largest absolute Gasteiger partial charge is 0.495 e. The van der Waals surface area contributed by atoms with E-state index in [4.69, 9.17) is 4.74 Å².